The number of rotatable bonds is 3. The normalized spacial score (nSPS) is 10.3. The van der Waals surface area contributed by atoms with Crippen LogP contribution in [0.5, 0.6) is 5.75 Å². The van der Waals surface area contributed by atoms with Crippen molar-refractivity contribution in [2.45, 2.75) is 6.61 Å². The largest absolute Gasteiger partial charge is 0.484 e. The van der Waals surface area contributed by atoms with Gasteiger partial charge in [-0.25, -0.2) is 9.97 Å². The maximum atomic E-state index is 5.94. The monoisotopic (exact) mass is 288 g/mol. The standard InChI is InChI=1S/C11H7Cl3N2O/c12-7-3-1-2-4-8(7)17-6-11-15-9(13)5-10(14)16-11/h1-5H,6H2. The molecule has 2 rings (SSSR count). The highest BCUT2D eigenvalue weighted by atomic mass is 35.5. The Morgan fingerprint density at radius 2 is 1.65 bits per heavy atom. The van der Waals surface area contributed by atoms with E-state index in [0.29, 0.717) is 16.6 Å². The molecular weight excluding hydrogens is 282 g/mol. The molecule has 0 aliphatic rings. The van der Waals surface area contributed by atoms with E-state index in [0.717, 1.165) is 0 Å². The van der Waals surface area contributed by atoms with Crippen LogP contribution in [-0.4, -0.2) is 9.97 Å². The first-order valence-electron chi connectivity index (χ1n) is 4.71. The van der Waals surface area contributed by atoms with Crippen molar-refractivity contribution in [3.63, 3.8) is 0 Å². The second kappa shape index (κ2) is 5.54. The first-order valence-corrected chi connectivity index (χ1v) is 5.85. The number of benzene rings is 1. The number of para-hydroxylation sites is 1. The van der Waals surface area contributed by atoms with Gasteiger partial charge in [0, 0.05) is 6.07 Å². The van der Waals surface area contributed by atoms with Crippen LogP contribution in [0.4, 0.5) is 0 Å². The molecule has 0 bridgehead atoms. The Balaban J connectivity index is 2.10. The fourth-order valence-corrected chi connectivity index (χ4v) is 1.85. The lowest BCUT2D eigenvalue weighted by molar-refractivity contribution is 0.296. The van der Waals surface area contributed by atoms with Gasteiger partial charge in [0.15, 0.2) is 5.82 Å². The average Bonchev–Trinajstić information content (AvgIpc) is 2.27. The van der Waals surface area contributed by atoms with Crippen LogP contribution < -0.4 is 4.74 Å². The number of hydrogen-bond donors (Lipinski definition) is 0. The summed E-state index contributed by atoms with van der Waals surface area (Å²) < 4.78 is 5.46. The molecule has 0 saturated heterocycles. The van der Waals surface area contributed by atoms with Gasteiger partial charge in [0.2, 0.25) is 0 Å². The van der Waals surface area contributed by atoms with Crippen molar-refractivity contribution in [1.82, 2.24) is 9.97 Å². The van der Waals surface area contributed by atoms with Gasteiger partial charge in [-0.15, -0.1) is 0 Å². The van der Waals surface area contributed by atoms with Crippen LogP contribution in [0.15, 0.2) is 30.3 Å². The molecule has 1 aromatic heterocycles. The molecule has 0 aliphatic carbocycles. The molecule has 0 radical (unpaired) electrons. The quantitative estimate of drug-likeness (QED) is 0.801. The van der Waals surface area contributed by atoms with E-state index in [4.69, 9.17) is 39.5 Å². The summed E-state index contributed by atoms with van der Waals surface area (Å²) in [6.07, 6.45) is 0. The molecule has 0 N–H and O–H groups in total. The van der Waals surface area contributed by atoms with Crippen molar-refractivity contribution in [2.75, 3.05) is 0 Å². The zero-order chi connectivity index (χ0) is 12.3. The van der Waals surface area contributed by atoms with E-state index in [-0.39, 0.29) is 16.9 Å². The molecule has 0 fully saturated rings. The lowest BCUT2D eigenvalue weighted by Gasteiger charge is -2.06. The first-order chi connectivity index (χ1) is 8.15. The highest BCUT2D eigenvalue weighted by Crippen LogP contribution is 2.24. The maximum absolute atomic E-state index is 5.94. The fourth-order valence-electron chi connectivity index (χ4n) is 1.20. The van der Waals surface area contributed by atoms with E-state index in [2.05, 4.69) is 9.97 Å². The Morgan fingerprint density at radius 1 is 1.00 bits per heavy atom. The van der Waals surface area contributed by atoms with Gasteiger partial charge in [-0.05, 0) is 12.1 Å². The molecule has 3 nitrogen and oxygen atoms in total. The SMILES string of the molecule is Clc1cc(Cl)nc(COc2ccccc2Cl)n1. The van der Waals surface area contributed by atoms with E-state index >= 15 is 0 Å². The molecule has 1 aromatic carbocycles. The Kier molecular flexibility index (Phi) is 4.05. The minimum Gasteiger partial charge on any atom is -0.484 e. The summed E-state index contributed by atoms with van der Waals surface area (Å²) in [5.41, 5.74) is 0. The molecule has 17 heavy (non-hydrogen) atoms. The molecule has 0 spiro atoms. The van der Waals surface area contributed by atoms with Crippen LogP contribution in [0.2, 0.25) is 15.3 Å². The van der Waals surface area contributed by atoms with Crippen molar-refractivity contribution in [2.24, 2.45) is 0 Å². The number of nitrogens with zero attached hydrogens (tertiary/aromatic N) is 2. The minimum atomic E-state index is 0.157. The summed E-state index contributed by atoms with van der Waals surface area (Å²) in [6.45, 7) is 0.157. The molecular formula is C11H7Cl3N2O. The average molecular weight is 290 g/mol. The summed E-state index contributed by atoms with van der Waals surface area (Å²) in [4.78, 5) is 7.96. The number of ether oxygens (including phenoxy) is 1. The van der Waals surface area contributed by atoms with Crippen molar-refractivity contribution in [3.8, 4) is 5.75 Å². The van der Waals surface area contributed by atoms with Gasteiger partial charge in [-0.1, -0.05) is 46.9 Å². The van der Waals surface area contributed by atoms with Gasteiger partial charge in [0.05, 0.1) is 5.02 Å². The van der Waals surface area contributed by atoms with Crippen LogP contribution in [0.1, 0.15) is 5.82 Å². The van der Waals surface area contributed by atoms with E-state index in [1.54, 1.807) is 12.1 Å². The van der Waals surface area contributed by atoms with Crippen LogP contribution in [0, 0.1) is 0 Å². The molecule has 6 heteroatoms. The third-order valence-corrected chi connectivity index (χ3v) is 2.60. The van der Waals surface area contributed by atoms with Gasteiger partial charge in [-0.3, -0.25) is 0 Å². The van der Waals surface area contributed by atoms with E-state index in [1.807, 2.05) is 12.1 Å². The van der Waals surface area contributed by atoms with Crippen LogP contribution in [0.3, 0.4) is 0 Å². The van der Waals surface area contributed by atoms with Gasteiger partial charge < -0.3 is 4.74 Å². The van der Waals surface area contributed by atoms with E-state index in [9.17, 15) is 0 Å². The molecule has 0 aliphatic heterocycles. The Labute approximate surface area is 113 Å². The van der Waals surface area contributed by atoms with E-state index < -0.39 is 0 Å². The van der Waals surface area contributed by atoms with Crippen molar-refractivity contribution in [1.29, 1.82) is 0 Å². The molecule has 0 saturated carbocycles. The molecule has 0 atom stereocenters. The lowest BCUT2D eigenvalue weighted by atomic mass is 10.3. The fraction of sp³-hybridized carbons (Fsp3) is 0.0909. The third-order valence-electron chi connectivity index (χ3n) is 1.90. The summed E-state index contributed by atoms with van der Waals surface area (Å²) in [7, 11) is 0. The maximum Gasteiger partial charge on any atom is 0.169 e. The Bertz CT molecular complexity index is 514. The lowest BCUT2D eigenvalue weighted by Crippen LogP contribution is -2.02. The second-order valence-electron chi connectivity index (χ2n) is 3.15. The smallest absolute Gasteiger partial charge is 0.169 e. The summed E-state index contributed by atoms with van der Waals surface area (Å²) in [6, 6.07) is 8.61. The Morgan fingerprint density at radius 3 is 2.29 bits per heavy atom. The van der Waals surface area contributed by atoms with Gasteiger partial charge in [0.25, 0.3) is 0 Å². The molecule has 1 heterocycles. The number of aromatic nitrogens is 2. The topological polar surface area (TPSA) is 35.0 Å². The zero-order valence-electron chi connectivity index (χ0n) is 8.53. The second-order valence-corrected chi connectivity index (χ2v) is 4.33. The van der Waals surface area contributed by atoms with Crippen LogP contribution in [0.25, 0.3) is 0 Å². The molecule has 88 valence electrons. The highest BCUT2D eigenvalue weighted by molar-refractivity contribution is 6.33. The number of halogens is 3. The highest BCUT2D eigenvalue weighted by Gasteiger charge is 2.04. The van der Waals surface area contributed by atoms with Crippen molar-refractivity contribution >= 4 is 34.8 Å². The predicted octanol–water partition coefficient (Wildman–Crippen LogP) is 4.02. The molecule has 0 unspecified atom stereocenters. The van der Waals surface area contributed by atoms with Gasteiger partial charge in [-0.2, -0.15) is 0 Å². The first kappa shape index (κ1) is 12.4. The van der Waals surface area contributed by atoms with Gasteiger partial charge >= 0.3 is 0 Å². The third kappa shape index (κ3) is 3.46. The Hall–Kier alpha value is -1.03. The predicted molar refractivity (Wildman–Crippen MR) is 67.8 cm³/mol. The van der Waals surface area contributed by atoms with Crippen molar-refractivity contribution < 1.29 is 4.74 Å². The minimum absolute atomic E-state index is 0.157. The summed E-state index contributed by atoms with van der Waals surface area (Å²) in [5.74, 6) is 0.969. The van der Waals surface area contributed by atoms with E-state index in [1.165, 1.54) is 6.07 Å². The summed E-state index contributed by atoms with van der Waals surface area (Å²) in [5, 5.41) is 1.09. The van der Waals surface area contributed by atoms with Crippen LogP contribution >= 0.6 is 34.8 Å². The number of hydrogen-bond acceptors (Lipinski definition) is 3. The van der Waals surface area contributed by atoms with Crippen molar-refractivity contribution in [3.05, 3.63) is 51.5 Å². The zero-order valence-corrected chi connectivity index (χ0v) is 10.8. The summed E-state index contributed by atoms with van der Waals surface area (Å²) >= 11 is 17.4. The molecule has 0 amide bonds. The van der Waals surface area contributed by atoms with Gasteiger partial charge in [0.1, 0.15) is 22.7 Å². The van der Waals surface area contributed by atoms with Crippen LogP contribution in [-0.2, 0) is 6.61 Å². The molecule has 2 aromatic rings.